The Morgan fingerprint density at radius 2 is 2.10 bits per heavy atom. The highest BCUT2D eigenvalue weighted by Crippen LogP contribution is 2.44. The minimum absolute atomic E-state index is 0.315. The summed E-state index contributed by atoms with van der Waals surface area (Å²) in [6, 6.07) is 11.2. The summed E-state index contributed by atoms with van der Waals surface area (Å²) < 4.78 is 13.7. The Balaban J connectivity index is 1.77. The lowest BCUT2D eigenvalue weighted by Crippen LogP contribution is -2.24. The fraction of sp³-hybridized carbons (Fsp3) is 0.333. The number of aliphatic hydroxyl groups excluding tert-OH is 1. The van der Waals surface area contributed by atoms with Crippen molar-refractivity contribution < 1.29 is 14.6 Å². The Labute approximate surface area is 187 Å². The summed E-state index contributed by atoms with van der Waals surface area (Å²) in [4.78, 5) is 4.04. The Bertz CT molecular complexity index is 1080. The van der Waals surface area contributed by atoms with Gasteiger partial charge in [-0.05, 0) is 61.7 Å². The highest BCUT2D eigenvalue weighted by atomic mass is 35.5. The second-order valence-corrected chi connectivity index (χ2v) is 8.69. The zero-order valence-electron chi connectivity index (χ0n) is 17.9. The molecule has 6 nitrogen and oxygen atoms in total. The van der Waals surface area contributed by atoms with Crippen LogP contribution in [0.1, 0.15) is 50.0 Å². The predicted molar refractivity (Wildman–Crippen MR) is 121 cm³/mol. The number of rotatable bonds is 7. The molecule has 1 aromatic heterocycles. The number of aromatic nitrogens is 3. The first-order valence-corrected chi connectivity index (χ1v) is 10.7. The molecule has 1 atom stereocenters. The third-order valence-corrected chi connectivity index (χ3v) is 5.33. The molecule has 3 aromatic rings. The van der Waals surface area contributed by atoms with Gasteiger partial charge in [-0.2, -0.15) is 5.10 Å². The van der Waals surface area contributed by atoms with Gasteiger partial charge in [0.05, 0.1) is 12.3 Å². The minimum Gasteiger partial charge on any atom is -0.490 e. The van der Waals surface area contributed by atoms with E-state index in [1.165, 1.54) is 6.33 Å². The highest BCUT2D eigenvalue weighted by molar-refractivity contribution is 6.30. The van der Waals surface area contributed by atoms with Gasteiger partial charge in [0.15, 0.2) is 11.5 Å². The zero-order chi connectivity index (χ0) is 22.0. The molecular formula is C24H26ClN3O3. The second-order valence-electron chi connectivity index (χ2n) is 8.26. The molecule has 31 heavy (non-hydrogen) atoms. The van der Waals surface area contributed by atoms with E-state index in [9.17, 15) is 5.11 Å². The fourth-order valence-corrected chi connectivity index (χ4v) is 3.82. The summed E-state index contributed by atoms with van der Waals surface area (Å²) in [5, 5.41) is 16.3. The van der Waals surface area contributed by atoms with Crippen LogP contribution in [0.5, 0.6) is 11.5 Å². The van der Waals surface area contributed by atoms with E-state index < -0.39 is 6.10 Å². The molecule has 0 bridgehead atoms. The molecule has 1 unspecified atom stereocenters. The minimum atomic E-state index is -0.949. The molecule has 0 spiro atoms. The van der Waals surface area contributed by atoms with Gasteiger partial charge in [0.25, 0.3) is 0 Å². The second kappa shape index (κ2) is 8.73. The number of fused-ring (bicyclic) bond motifs is 1. The van der Waals surface area contributed by atoms with Crippen LogP contribution >= 0.6 is 11.6 Å². The van der Waals surface area contributed by atoms with Gasteiger partial charge < -0.3 is 14.6 Å². The topological polar surface area (TPSA) is 69.4 Å². The molecule has 0 fully saturated rings. The molecule has 2 aromatic carbocycles. The van der Waals surface area contributed by atoms with Crippen molar-refractivity contribution >= 4 is 23.4 Å². The molecule has 0 radical (unpaired) electrons. The lowest BCUT2D eigenvalue weighted by Gasteiger charge is -2.19. The monoisotopic (exact) mass is 439 g/mol. The van der Waals surface area contributed by atoms with Crippen molar-refractivity contribution in [3.63, 3.8) is 0 Å². The summed E-state index contributed by atoms with van der Waals surface area (Å²) >= 11 is 6.02. The average Bonchev–Trinajstić information content (AvgIpc) is 3.37. The van der Waals surface area contributed by atoms with Gasteiger partial charge in [-0.25, -0.2) is 9.67 Å². The van der Waals surface area contributed by atoms with Crippen molar-refractivity contribution in [2.24, 2.45) is 0 Å². The van der Waals surface area contributed by atoms with E-state index in [0.29, 0.717) is 28.6 Å². The third-order valence-electron chi connectivity index (χ3n) is 5.07. The van der Waals surface area contributed by atoms with Gasteiger partial charge in [0, 0.05) is 17.0 Å². The number of aliphatic hydroxyl groups is 1. The Hall–Kier alpha value is -2.83. The van der Waals surface area contributed by atoms with Crippen LogP contribution in [0, 0.1) is 0 Å². The van der Waals surface area contributed by atoms with Crippen LogP contribution in [0.15, 0.2) is 49.1 Å². The first-order valence-electron chi connectivity index (χ1n) is 10.3. The van der Waals surface area contributed by atoms with E-state index in [1.54, 1.807) is 11.0 Å². The molecule has 0 saturated carbocycles. The molecule has 1 N–H and O–H groups in total. The summed E-state index contributed by atoms with van der Waals surface area (Å²) in [6.07, 6.45) is 5.55. The van der Waals surface area contributed by atoms with Crippen molar-refractivity contribution in [1.82, 2.24) is 14.8 Å². The first kappa shape index (κ1) is 21.4. The molecular weight excluding hydrogens is 414 g/mol. The molecule has 0 aliphatic carbocycles. The Kier molecular flexibility index (Phi) is 6.03. The van der Waals surface area contributed by atoms with Crippen molar-refractivity contribution in [1.29, 1.82) is 0 Å². The van der Waals surface area contributed by atoms with Crippen molar-refractivity contribution in [3.8, 4) is 11.5 Å². The number of ether oxygens (including phenoxy) is 2. The smallest absolute Gasteiger partial charge is 0.165 e. The van der Waals surface area contributed by atoms with Gasteiger partial charge >= 0.3 is 0 Å². The number of hydrogen-bond donors (Lipinski definition) is 1. The van der Waals surface area contributed by atoms with Crippen LogP contribution in [0.25, 0.3) is 11.8 Å². The fourth-order valence-electron chi connectivity index (χ4n) is 3.69. The highest BCUT2D eigenvalue weighted by Gasteiger charge is 2.34. The standard InChI is InChI=1S/C24H26ClN3O3/c1-4-9-30-21-12-17(11-18-13-24(2,3)31-23(18)21)22(29)20(28-15-26-14-27-28)10-16-5-7-19(25)8-6-16/h5-8,10-12,14-15,22,29H,4,9,13H2,1-3H3. The van der Waals surface area contributed by atoms with Crippen molar-refractivity contribution in [2.45, 2.75) is 45.3 Å². The quantitative estimate of drug-likeness (QED) is 0.550. The van der Waals surface area contributed by atoms with E-state index in [-0.39, 0.29) is 5.60 Å². The van der Waals surface area contributed by atoms with E-state index in [4.69, 9.17) is 21.1 Å². The van der Waals surface area contributed by atoms with Gasteiger partial charge in [-0.3, -0.25) is 0 Å². The molecule has 4 rings (SSSR count). The number of nitrogens with zero attached hydrogens (tertiary/aromatic N) is 3. The summed E-state index contributed by atoms with van der Waals surface area (Å²) in [5.41, 5.74) is 2.88. The molecule has 1 aliphatic rings. The maximum Gasteiger partial charge on any atom is 0.165 e. The van der Waals surface area contributed by atoms with Crippen LogP contribution in [-0.4, -0.2) is 32.1 Å². The van der Waals surface area contributed by atoms with Crippen molar-refractivity contribution in [3.05, 3.63) is 70.8 Å². The third kappa shape index (κ3) is 4.75. The first-order chi connectivity index (χ1) is 14.9. The van der Waals surface area contributed by atoms with Gasteiger partial charge in [-0.1, -0.05) is 30.7 Å². The summed E-state index contributed by atoms with van der Waals surface area (Å²) in [5.74, 6) is 1.42. The van der Waals surface area contributed by atoms with Crippen LogP contribution < -0.4 is 9.47 Å². The van der Waals surface area contributed by atoms with Crippen LogP contribution in [-0.2, 0) is 6.42 Å². The van der Waals surface area contributed by atoms with Gasteiger partial charge in [0.1, 0.15) is 24.4 Å². The van der Waals surface area contributed by atoms with E-state index in [0.717, 1.165) is 29.7 Å². The lowest BCUT2D eigenvalue weighted by atomic mass is 9.97. The average molecular weight is 440 g/mol. The Morgan fingerprint density at radius 3 is 2.77 bits per heavy atom. The number of benzene rings is 2. The van der Waals surface area contributed by atoms with Gasteiger partial charge in [-0.15, -0.1) is 0 Å². The SMILES string of the molecule is CCCOc1cc(C(O)C(=Cc2ccc(Cl)cc2)n2cncn2)cc2c1OC(C)(C)C2. The number of hydrogen-bond acceptors (Lipinski definition) is 5. The van der Waals surface area contributed by atoms with Crippen LogP contribution in [0.2, 0.25) is 5.02 Å². The van der Waals surface area contributed by atoms with E-state index in [2.05, 4.69) is 17.0 Å². The molecule has 0 saturated heterocycles. The molecule has 7 heteroatoms. The largest absolute Gasteiger partial charge is 0.490 e. The lowest BCUT2D eigenvalue weighted by molar-refractivity contribution is 0.132. The Morgan fingerprint density at radius 1 is 1.32 bits per heavy atom. The van der Waals surface area contributed by atoms with Crippen molar-refractivity contribution in [2.75, 3.05) is 6.61 Å². The van der Waals surface area contributed by atoms with E-state index >= 15 is 0 Å². The summed E-state index contributed by atoms with van der Waals surface area (Å²) in [7, 11) is 0. The van der Waals surface area contributed by atoms with Crippen LogP contribution in [0.3, 0.4) is 0 Å². The normalized spacial score (nSPS) is 16.0. The van der Waals surface area contributed by atoms with Crippen LogP contribution in [0.4, 0.5) is 0 Å². The maximum absolute atomic E-state index is 11.4. The molecule has 2 heterocycles. The predicted octanol–water partition coefficient (Wildman–Crippen LogP) is 5.17. The maximum atomic E-state index is 11.4. The molecule has 162 valence electrons. The molecule has 1 aliphatic heterocycles. The zero-order valence-corrected chi connectivity index (χ0v) is 18.6. The molecule has 0 amide bonds. The number of halogens is 1. The van der Waals surface area contributed by atoms with E-state index in [1.807, 2.05) is 56.3 Å². The van der Waals surface area contributed by atoms with Gasteiger partial charge in [0.2, 0.25) is 0 Å². The summed E-state index contributed by atoms with van der Waals surface area (Å²) in [6.45, 7) is 6.73.